The number of hydrogen-bond donors (Lipinski definition) is 2. The van der Waals surface area contributed by atoms with Crippen molar-refractivity contribution in [3.05, 3.63) is 47.1 Å². The Morgan fingerprint density at radius 1 is 1.12 bits per heavy atom. The maximum atomic E-state index is 6.01. The molecule has 0 aliphatic carbocycles. The fourth-order valence-electron chi connectivity index (χ4n) is 2.72. The molecule has 2 N–H and O–H groups in total. The predicted molar refractivity (Wildman–Crippen MR) is 101 cm³/mol. The van der Waals surface area contributed by atoms with E-state index in [0.717, 1.165) is 63.2 Å². The lowest BCUT2D eigenvalue weighted by molar-refractivity contribution is 0.0398. The summed E-state index contributed by atoms with van der Waals surface area (Å²) in [7, 11) is 0. The number of ether oxygens (including phenoxy) is 1. The van der Waals surface area contributed by atoms with Crippen LogP contribution in [-0.2, 0) is 11.2 Å². The quantitative estimate of drug-likeness (QED) is 0.753. The Bertz CT molecular complexity index is 663. The van der Waals surface area contributed by atoms with Crippen LogP contribution in [0.25, 0.3) is 0 Å². The monoisotopic (exact) mass is 361 g/mol. The number of morpholine rings is 1. The lowest BCUT2D eigenvalue weighted by Crippen LogP contribution is -2.39. The molecule has 7 heteroatoms. The molecule has 1 fully saturated rings. The summed E-state index contributed by atoms with van der Waals surface area (Å²) < 4.78 is 5.35. The standard InChI is InChI=1S/C18H24ClN5O/c19-16-3-1-2-15(14-16)4-6-20-17-5-7-21-18(23-17)22-8-9-24-10-12-25-13-11-24/h1-3,5,7,14H,4,6,8-13H2,(H2,20,21,22,23). The van der Waals surface area contributed by atoms with Crippen LogP contribution in [0.2, 0.25) is 5.02 Å². The Labute approximate surface area is 153 Å². The molecule has 0 bridgehead atoms. The number of nitrogens with one attached hydrogen (secondary N) is 2. The van der Waals surface area contributed by atoms with Crippen LogP contribution in [0.5, 0.6) is 0 Å². The molecule has 2 aromatic rings. The van der Waals surface area contributed by atoms with Crippen molar-refractivity contribution in [3.8, 4) is 0 Å². The van der Waals surface area contributed by atoms with E-state index in [1.807, 2.05) is 24.3 Å². The Kier molecular flexibility index (Phi) is 6.85. The highest BCUT2D eigenvalue weighted by molar-refractivity contribution is 6.30. The van der Waals surface area contributed by atoms with Gasteiger partial charge in [0.25, 0.3) is 0 Å². The zero-order chi connectivity index (χ0) is 17.3. The van der Waals surface area contributed by atoms with Gasteiger partial charge in [-0.25, -0.2) is 4.98 Å². The molecule has 0 amide bonds. The minimum atomic E-state index is 0.654. The van der Waals surface area contributed by atoms with E-state index < -0.39 is 0 Å². The highest BCUT2D eigenvalue weighted by Crippen LogP contribution is 2.12. The SMILES string of the molecule is Clc1cccc(CCNc2ccnc(NCCN3CCOCC3)n2)c1. The van der Waals surface area contributed by atoms with E-state index in [1.54, 1.807) is 6.20 Å². The van der Waals surface area contributed by atoms with Crippen molar-refractivity contribution in [3.63, 3.8) is 0 Å². The van der Waals surface area contributed by atoms with Crippen molar-refractivity contribution in [1.29, 1.82) is 0 Å². The van der Waals surface area contributed by atoms with Gasteiger partial charge in [-0.2, -0.15) is 4.98 Å². The van der Waals surface area contributed by atoms with Crippen LogP contribution in [0.3, 0.4) is 0 Å². The molecule has 1 aromatic heterocycles. The first-order valence-corrected chi connectivity index (χ1v) is 9.03. The van der Waals surface area contributed by atoms with E-state index in [4.69, 9.17) is 16.3 Å². The molecule has 0 radical (unpaired) electrons. The van der Waals surface area contributed by atoms with Gasteiger partial charge in [0.15, 0.2) is 0 Å². The average Bonchev–Trinajstić information content (AvgIpc) is 2.63. The van der Waals surface area contributed by atoms with Gasteiger partial charge in [-0.15, -0.1) is 0 Å². The van der Waals surface area contributed by atoms with Crippen molar-refractivity contribution in [1.82, 2.24) is 14.9 Å². The van der Waals surface area contributed by atoms with E-state index in [0.29, 0.717) is 5.95 Å². The zero-order valence-electron chi connectivity index (χ0n) is 14.2. The molecule has 1 aromatic carbocycles. The average molecular weight is 362 g/mol. The Hall–Kier alpha value is -1.89. The number of rotatable bonds is 8. The molecule has 0 spiro atoms. The third-order valence-electron chi connectivity index (χ3n) is 4.08. The Morgan fingerprint density at radius 2 is 2.00 bits per heavy atom. The Morgan fingerprint density at radius 3 is 2.84 bits per heavy atom. The highest BCUT2D eigenvalue weighted by Gasteiger charge is 2.09. The lowest BCUT2D eigenvalue weighted by atomic mass is 10.1. The lowest BCUT2D eigenvalue weighted by Gasteiger charge is -2.26. The molecule has 1 saturated heterocycles. The normalized spacial score (nSPS) is 15.1. The van der Waals surface area contributed by atoms with Crippen LogP contribution in [-0.4, -0.2) is 60.8 Å². The van der Waals surface area contributed by atoms with Crippen molar-refractivity contribution >= 4 is 23.4 Å². The minimum Gasteiger partial charge on any atom is -0.379 e. The van der Waals surface area contributed by atoms with Gasteiger partial charge >= 0.3 is 0 Å². The number of aromatic nitrogens is 2. The topological polar surface area (TPSA) is 62.3 Å². The number of hydrogen-bond acceptors (Lipinski definition) is 6. The van der Waals surface area contributed by atoms with Gasteiger partial charge in [0, 0.05) is 43.9 Å². The molecule has 6 nitrogen and oxygen atoms in total. The van der Waals surface area contributed by atoms with Crippen LogP contribution < -0.4 is 10.6 Å². The summed E-state index contributed by atoms with van der Waals surface area (Å²) >= 11 is 6.01. The van der Waals surface area contributed by atoms with E-state index >= 15 is 0 Å². The van der Waals surface area contributed by atoms with Crippen LogP contribution in [0.1, 0.15) is 5.56 Å². The molecule has 25 heavy (non-hydrogen) atoms. The maximum absolute atomic E-state index is 6.01. The van der Waals surface area contributed by atoms with Crippen LogP contribution >= 0.6 is 11.6 Å². The largest absolute Gasteiger partial charge is 0.379 e. The van der Waals surface area contributed by atoms with Crippen molar-refractivity contribution in [2.45, 2.75) is 6.42 Å². The molecular formula is C18H24ClN5O. The number of anilines is 2. The van der Waals surface area contributed by atoms with Gasteiger partial charge < -0.3 is 15.4 Å². The molecule has 0 atom stereocenters. The van der Waals surface area contributed by atoms with Gasteiger partial charge in [-0.3, -0.25) is 4.90 Å². The van der Waals surface area contributed by atoms with E-state index in [2.05, 4.69) is 31.6 Å². The molecular weight excluding hydrogens is 338 g/mol. The van der Waals surface area contributed by atoms with Crippen LogP contribution in [0, 0.1) is 0 Å². The zero-order valence-corrected chi connectivity index (χ0v) is 15.0. The van der Waals surface area contributed by atoms with Gasteiger partial charge in [0.05, 0.1) is 13.2 Å². The summed E-state index contributed by atoms with van der Waals surface area (Å²) in [6.45, 7) is 6.22. The second kappa shape index (κ2) is 9.56. The van der Waals surface area contributed by atoms with E-state index in [-0.39, 0.29) is 0 Å². The fourth-order valence-corrected chi connectivity index (χ4v) is 2.93. The first-order chi connectivity index (χ1) is 12.3. The third-order valence-corrected chi connectivity index (χ3v) is 4.31. The summed E-state index contributed by atoms with van der Waals surface area (Å²) in [5.74, 6) is 1.48. The van der Waals surface area contributed by atoms with Crippen LogP contribution in [0.15, 0.2) is 36.5 Å². The van der Waals surface area contributed by atoms with Gasteiger partial charge in [0.1, 0.15) is 5.82 Å². The van der Waals surface area contributed by atoms with Gasteiger partial charge in [0.2, 0.25) is 5.95 Å². The molecule has 3 rings (SSSR count). The summed E-state index contributed by atoms with van der Waals surface area (Å²) in [6, 6.07) is 9.80. The van der Waals surface area contributed by atoms with Crippen molar-refractivity contribution < 1.29 is 4.74 Å². The summed E-state index contributed by atoms with van der Waals surface area (Å²) in [6.07, 6.45) is 2.66. The molecule has 0 unspecified atom stereocenters. The molecule has 1 aliphatic heterocycles. The fraction of sp³-hybridized carbons (Fsp3) is 0.444. The van der Waals surface area contributed by atoms with E-state index in [9.17, 15) is 0 Å². The molecule has 2 heterocycles. The second-order valence-corrected chi connectivity index (χ2v) is 6.39. The smallest absolute Gasteiger partial charge is 0.224 e. The predicted octanol–water partition coefficient (Wildman–Crippen LogP) is 2.53. The molecule has 134 valence electrons. The molecule has 0 saturated carbocycles. The molecule has 1 aliphatic rings. The maximum Gasteiger partial charge on any atom is 0.224 e. The van der Waals surface area contributed by atoms with Gasteiger partial charge in [-0.1, -0.05) is 23.7 Å². The number of benzene rings is 1. The second-order valence-electron chi connectivity index (χ2n) is 5.95. The first-order valence-electron chi connectivity index (χ1n) is 8.65. The minimum absolute atomic E-state index is 0.654. The van der Waals surface area contributed by atoms with Crippen LogP contribution in [0.4, 0.5) is 11.8 Å². The van der Waals surface area contributed by atoms with Crippen molar-refractivity contribution in [2.75, 3.05) is 56.6 Å². The Balaban J connectivity index is 1.41. The van der Waals surface area contributed by atoms with E-state index in [1.165, 1.54) is 5.56 Å². The first kappa shape index (κ1) is 17.9. The summed E-state index contributed by atoms with van der Waals surface area (Å²) in [5.41, 5.74) is 1.21. The highest BCUT2D eigenvalue weighted by atomic mass is 35.5. The summed E-state index contributed by atoms with van der Waals surface area (Å²) in [4.78, 5) is 11.2. The van der Waals surface area contributed by atoms with Gasteiger partial charge in [-0.05, 0) is 30.2 Å². The number of halogens is 1. The number of nitrogens with zero attached hydrogens (tertiary/aromatic N) is 3. The van der Waals surface area contributed by atoms with Crippen molar-refractivity contribution in [2.24, 2.45) is 0 Å². The summed E-state index contributed by atoms with van der Waals surface area (Å²) in [5, 5.41) is 7.39. The third kappa shape index (κ3) is 6.16.